The number of rotatable bonds is 18. The smallest absolute Gasteiger partial charge is 0.187 e. The molecule has 4 heterocycles. The minimum Gasteiger partial charge on any atom is -0.394 e. The highest BCUT2D eigenvalue weighted by molar-refractivity contribution is 5.77. The Morgan fingerprint density at radius 2 is 0.775 bits per heavy atom. The Labute approximate surface area is 456 Å². The molecule has 0 unspecified atom stereocenters. The second kappa shape index (κ2) is 27.6. The number of nitrogens with two attached hydrogens (primary N) is 6. The first-order valence-corrected chi connectivity index (χ1v) is 25.1. The van der Waals surface area contributed by atoms with Crippen LogP contribution in [-0.2, 0) is 37.9 Å². The maximum atomic E-state index is 11.3. The van der Waals surface area contributed by atoms with Gasteiger partial charge >= 0.3 is 0 Å². The van der Waals surface area contributed by atoms with Crippen LogP contribution in [0, 0.1) is 10.8 Å². The number of aliphatic hydroxyl groups excluding tert-OH is 14. The molecule has 30 atom stereocenters. The van der Waals surface area contributed by atoms with Crippen LogP contribution in [0.1, 0.15) is 13.8 Å². The first-order valence-electron chi connectivity index (χ1n) is 25.1. The Morgan fingerprint density at radius 3 is 1.04 bits per heavy atom. The van der Waals surface area contributed by atoms with Crippen LogP contribution in [0.15, 0.2) is 9.98 Å². The van der Waals surface area contributed by atoms with Crippen molar-refractivity contribution in [3.63, 3.8) is 0 Å². The summed E-state index contributed by atoms with van der Waals surface area (Å²) in [5.74, 6) is -2.27. The molecule has 0 radical (unpaired) electrons. The van der Waals surface area contributed by atoms with Gasteiger partial charge in [0.05, 0.1) is 62.8 Å². The number of hydrogen-bond acceptors (Lipinski definition) is 30. The van der Waals surface area contributed by atoms with Crippen LogP contribution < -0.4 is 55.7 Å². The zero-order valence-corrected chi connectivity index (χ0v) is 43.8. The number of guanidine groups is 4. The van der Waals surface area contributed by atoms with E-state index in [4.69, 9.17) is 83.1 Å². The van der Waals surface area contributed by atoms with Crippen molar-refractivity contribution in [2.75, 3.05) is 40.5 Å². The summed E-state index contributed by atoms with van der Waals surface area (Å²) in [5, 5.41) is 193. The molecule has 2 aliphatic carbocycles. The van der Waals surface area contributed by atoms with Gasteiger partial charge in [-0.3, -0.25) is 10.8 Å². The number of hydrogen-bond donors (Lipinski definition) is 28. The summed E-state index contributed by atoms with van der Waals surface area (Å²) in [7, 11) is 2.87. The van der Waals surface area contributed by atoms with Crippen LogP contribution in [0.25, 0.3) is 0 Å². The molecule has 34 N–H and O–H groups in total. The van der Waals surface area contributed by atoms with Gasteiger partial charge in [-0.2, -0.15) is 0 Å². The average molecular weight is 1170 g/mol. The van der Waals surface area contributed by atoms with Gasteiger partial charge in [-0.25, -0.2) is 9.98 Å². The van der Waals surface area contributed by atoms with Gasteiger partial charge in [0.1, 0.15) is 121 Å². The van der Waals surface area contributed by atoms with E-state index in [-0.39, 0.29) is 0 Å². The topological polar surface area (TPSA) is 674 Å². The lowest BCUT2D eigenvalue weighted by Crippen LogP contribution is -2.70. The standard InChI is InChI=1S/2C21H41N7O12/c2*1-5-21(36,4-30)16(40-17-9(26-2)13(34)10(31)6(3-29)38-17)18(37-5)39-15-8(28-20(24)25)11(32)7(27-19(22)23)12(33)14(15)35/h2*5-18,26,29-36H,3-4H2,1-2H3,(H4,22,23,27)(H4,24,25,28)/t2*5-,6-,7-,8+,9-,10-,11-,12+,13-,14-,15-,16-,17-,18-,21+/m00/s1. The van der Waals surface area contributed by atoms with Crippen LogP contribution in [0.5, 0.6) is 0 Å². The maximum Gasteiger partial charge on any atom is 0.187 e. The lowest BCUT2D eigenvalue weighted by Gasteiger charge is -2.46. The van der Waals surface area contributed by atoms with Crippen LogP contribution in [0.2, 0.25) is 0 Å². The van der Waals surface area contributed by atoms with E-state index in [1.165, 1.54) is 27.9 Å². The van der Waals surface area contributed by atoms with Gasteiger partial charge in [0.2, 0.25) is 0 Å². The molecule has 4 aliphatic heterocycles. The molecule has 0 aromatic carbocycles. The van der Waals surface area contributed by atoms with Gasteiger partial charge in [0.25, 0.3) is 0 Å². The molecule has 6 aliphatic rings. The molecule has 80 heavy (non-hydrogen) atoms. The van der Waals surface area contributed by atoms with Crippen molar-refractivity contribution < 1.29 is 120 Å². The fraction of sp³-hybridized carbons (Fsp3) is 0.905. The fourth-order valence-electron chi connectivity index (χ4n) is 10.4. The normalized spacial score (nSPS) is 47.5. The van der Waals surface area contributed by atoms with Gasteiger partial charge in [0.15, 0.2) is 49.0 Å². The third kappa shape index (κ3) is 13.7. The van der Waals surface area contributed by atoms with Crippen LogP contribution in [0.4, 0.5) is 0 Å². The second-order valence-corrected chi connectivity index (χ2v) is 20.1. The Hall–Kier alpha value is -3.96. The summed E-state index contributed by atoms with van der Waals surface area (Å²) >= 11 is 0. The minimum absolute atomic E-state index is 0.516. The highest BCUT2D eigenvalue weighted by Crippen LogP contribution is 2.41. The Balaban J connectivity index is 0.000000294. The molecule has 0 spiro atoms. The number of aliphatic hydroxyl groups is 16. The molecule has 4 saturated heterocycles. The number of aliphatic imine (C=N–C) groups is 2. The molecule has 38 heteroatoms. The van der Waals surface area contributed by atoms with Gasteiger partial charge < -0.3 is 175 Å². The van der Waals surface area contributed by atoms with E-state index in [9.17, 15) is 81.7 Å². The molecule has 6 fully saturated rings. The number of nitrogens with one attached hydrogen (secondary N) is 6. The molecule has 6 rings (SSSR count). The average Bonchev–Trinajstić information content (AvgIpc) is 3.83. The van der Waals surface area contributed by atoms with Gasteiger partial charge in [0, 0.05) is 0 Å². The lowest BCUT2D eigenvalue weighted by atomic mass is 9.81. The van der Waals surface area contributed by atoms with E-state index >= 15 is 0 Å². The Kier molecular flexibility index (Phi) is 23.1. The van der Waals surface area contributed by atoms with Crippen molar-refractivity contribution in [1.82, 2.24) is 21.3 Å². The zero-order chi connectivity index (χ0) is 60.2. The monoisotopic (exact) mass is 1170 g/mol. The van der Waals surface area contributed by atoms with Crippen molar-refractivity contribution in [1.29, 1.82) is 10.8 Å². The van der Waals surface area contributed by atoms with Crippen LogP contribution >= 0.6 is 0 Å². The summed E-state index contributed by atoms with van der Waals surface area (Å²) in [6.45, 7) is -0.408. The van der Waals surface area contributed by atoms with E-state index in [0.717, 1.165) is 0 Å². The highest BCUT2D eigenvalue weighted by Gasteiger charge is 2.63. The number of likely N-dealkylation sites (N-methyl/N-ethyl adjacent to an activating group) is 2. The van der Waals surface area contributed by atoms with Crippen molar-refractivity contribution in [2.45, 2.75) is 196 Å². The molecule has 38 nitrogen and oxygen atoms in total. The van der Waals surface area contributed by atoms with E-state index in [2.05, 4.69) is 31.3 Å². The van der Waals surface area contributed by atoms with Crippen LogP contribution in [0.3, 0.4) is 0 Å². The number of nitrogens with zero attached hydrogens (tertiary/aromatic N) is 2. The predicted octanol–water partition coefficient (Wildman–Crippen LogP) is -16.3. The molecule has 0 amide bonds. The van der Waals surface area contributed by atoms with Crippen LogP contribution in [-0.4, -0.2) is 329 Å². The predicted molar refractivity (Wildman–Crippen MR) is 266 cm³/mol. The largest absolute Gasteiger partial charge is 0.394 e. The summed E-state index contributed by atoms with van der Waals surface area (Å²) in [5.41, 5.74) is 28.4. The van der Waals surface area contributed by atoms with Gasteiger partial charge in [-0.1, -0.05) is 0 Å². The third-order valence-corrected chi connectivity index (χ3v) is 15.1. The molecular formula is C42H82N14O24. The van der Waals surface area contributed by atoms with Crippen molar-refractivity contribution >= 4 is 23.8 Å². The summed E-state index contributed by atoms with van der Waals surface area (Å²) in [4.78, 5) is 7.81. The van der Waals surface area contributed by atoms with E-state index in [0.29, 0.717) is 0 Å². The molecule has 464 valence electrons. The summed E-state index contributed by atoms with van der Waals surface area (Å²) in [6, 6.07) is -7.88. The van der Waals surface area contributed by atoms with Crippen molar-refractivity contribution in [3.8, 4) is 0 Å². The molecule has 0 aromatic heterocycles. The Bertz CT molecular complexity index is 1940. The molecular weight excluding hydrogens is 1080 g/mol. The lowest BCUT2D eigenvalue weighted by molar-refractivity contribution is -0.317. The molecule has 0 aromatic rings. The summed E-state index contributed by atoms with van der Waals surface area (Å²) < 4.78 is 46.3. The van der Waals surface area contributed by atoms with E-state index < -0.39 is 233 Å². The SMILES string of the molecule is CN[C@@H]1[C@H](O[C@H]2[C@H](O[C@@H]3[C@@H](O)[C@H](O)[C@@H](NC(=N)N)[C@H](O)[C@H]3N=C(N)N)O[C@@H](C)[C@]2(O)CO)O[C@@H](CO)[C@H](O)[C@H]1O.CN[C@@H]1[C@H](O[C@H]2[C@H](O[C@@H]3[C@@H](O)[C@H](O)[C@@H](NC(=N)N)[C@H](O)[C@H]3N=C(N)N)O[C@@H](C)[C@]2(O)CO)O[C@@H](CO)[C@H](O)[C@H]1O. The van der Waals surface area contributed by atoms with E-state index in [1.807, 2.05) is 0 Å². The van der Waals surface area contributed by atoms with E-state index in [1.54, 1.807) is 0 Å². The summed E-state index contributed by atoms with van der Waals surface area (Å²) in [6.07, 6.45) is -33.8. The molecule has 0 bridgehead atoms. The Morgan fingerprint density at radius 1 is 0.463 bits per heavy atom. The quantitative estimate of drug-likeness (QED) is 0.0448. The first-order chi connectivity index (χ1) is 37.4. The van der Waals surface area contributed by atoms with Crippen molar-refractivity contribution in [2.24, 2.45) is 44.4 Å². The third-order valence-electron chi connectivity index (χ3n) is 15.1. The zero-order valence-electron chi connectivity index (χ0n) is 43.8. The fourth-order valence-corrected chi connectivity index (χ4v) is 10.4. The maximum absolute atomic E-state index is 11.3. The van der Waals surface area contributed by atoms with Crippen molar-refractivity contribution in [3.05, 3.63) is 0 Å². The second-order valence-electron chi connectivity index (χ2n) is 20.1. The minimum atomic E-state index is -2.15. The van der Waals surface area contributed by atoms with Gasteiger partial charge in [-0.05, 0) is 27.9 Å². The molecule has 2 saturated carbocycles. The number of ether oxygens (including phenoxy) is 8. The highest BCUT2D eigenvalue weighted by atomic mass is 16.8. The van der Waals surface area contributed by atoms with Gasteiger partial charge in [-0.15, -0.1) is 0 Å². The first kappa shape index (κ1) is 66.8.